The molecule has 1 aliphatic carbocycles. The topological polar surface area (TPSA) is 98.1 Å². The zero-order chi connectivity index (χ0) is 32.8. The summed E-state index contributed by atoms with van der Waals surface area (Å²) < 4.78 is 1.68. The number of rotatable bonds is 20. The Balaban J connectivity index is 1.16. The number of allylic oxidation sites excluding steroid dienone is 2. The maximum atomic E-state index is 13.9. The number of thioether (sulfide) groups is 1. The van der Waals surface area contributed by atoms with Crippen LogP contribution in [-0.2, 0) is 16.0 Å². The van der Waals surface area contributed by atoms with Gasteiger partial charge in [0.15, 0.2) is 5.78 Å². The van der Waals surface area contributed by atoms with Crippen LogP contribution < -0.4 is 0 Å². The van der Waals surface area contributed by atoms with Crippen LogP contribution in [0.15, 0.2) is 71.9 Å². The monoisotopic (exact) mass is 655 g/mol. The van der Waals surface area contributed by atoms with Crippen molar-refractivity contribution < 1.29 is 14.4 Å². The van der Waals surface area contributed by atoms with Gasteiger partial charge in [-0.1, -0.05) is 138 Å². The SMILES string of the molecule is CCCCCCCCCCCCCC=CCCC(Sc1nnnn1-c1ccccc1)C1CC(=O)N(C2Cc3ccccc3C2=O)C1=O. The maximum absolute atomic E-state index is 13.9. The molecule has 5 rings (SSSR count). The van der Waals surface area contributed by atoms with Gasteiger partial charge in [-0.15, -0.1) is 5.10 Å². The van der Waals surface area contributed by atoms with Gasteiger partial charge in [0.1, 0.15) is 6.04 Å². The van der Waals surface area contributed by atoms with Crippen LogP contribution in [0.5, 0.6) is 0 Å². The molecule has 3 atom stereocenters. The van der Waals surface area contributed by atoms with Crippen molar-refractivity contribution in [2.45, 2.75) is 126 Å². The highest BCUT2D eigenvalue weighted by atomic mass is 32.2. The van der Waals surface area contributed by atoms with E-state index in [1.807, 2.05) is 48.5 Å². The molecular weight excluding hydrogens is 607 g/mol. The van der Waals surface area contributed by atoms with Gasteiger partial charge >= 0.3 is 0 Å². The number of fused-ring (bicyclic) bond motifs is 1. The molecule has 2 aliphatic rings. The number of nitrogens with zero attached hydrogens (tertiary/aromatic N) is 5. The molecule has 2 aromatic carbocycles. The summed E-state index contributed by atoms with van der Waals surface area (Å²) in [6.07, 6.45) is 22.1. The van der Waals surface area contributed by atoms with E-state index in [-0.39, 0.29) is 29.3 Å². The lowest BCUT2D eigenvalue weighted by molar-refractivity contribution is -0.141. The number of likely N-dealkylation sites (tertiary alicyclic amines) is 1. The molecule has 2 heterocycles. The summed E-state index contributed by atoms with van der Waals surface area (Å²) in [6.45, 7) is 2.27. The maximum Gasteiger partial charge on any atom is 0.234 e. The molecule has 1 aromatic heterocycles. The van der Waals surface area contributed by atoms with Gasteiger partial charge in [-0.25, -0.2) is 0 Å². The molecule has 250 valence electrons. The molecule has 47 heavy (non-hydrogen) atoms. The van der Waals surface area contributed by atoms with Crippen molar-refractivity contribution in [1.82, 2.24) is 25.1 Å². The smallest absolute Gasteiger partial charge is 0.234 e. The predicted octanol–water partition coefficient (Wildman–Crippen LogP) is 8.34. The average molecular weight is 656 g/mol. The van der Waals surface area contributed by atoms with E-state index in [0.717, 1.165) is 24.1 Å². The van der Waals surface area contributed by atoms with Crippen LogP contribution in [-0.4, -0.2) is 54.0 Å². The Morgan fingerprint density at radius 3 is 2.19 bits per heavy atom. The second-order valence-electron chi connectivity index (χ2n) is 12.9. The van der Waals surface area contributed by atoms with E-state index in [4.69, 9.17) is 0 Å². The summed E-state index contributed by atoms with van der Waals surface area (Å²) in [5, 5.41) is 12.8. The Labute approximate surface area is 283 Å². The fraction of sp³-hybridized carbons (Fsp3) is 0.526. The number of carbonyl (C=O) groups is 3. The minimum absolute atomic E-state index is 0.0893. The van der Waals surface area contributed by atoms with Crippen molar-refractivity contribution in [3.8, 4) is 5.69 Å². The highest BCUT2D eigenvalue weighted by Crippen LogP contribution is 2.39. The van der Waals surface area contributed by atoms with Crippen LogP contribution in [0, 0.1) is 5.92 Å². The second kappa shape index (κ2) is 18.1. The van der Waals surface area contributed by atoms with Crippen molar-refractivity contribution in [3.63, 3.8) is 0 Å². The molecule has 1 fully saturated rings. The highest BCUT2D eigenvalue weighted by Gasteiger charge is 2.49. The van der Waals surface area contributed by atoms with Crippen molar-refractivity contribution >= 4 is 29.4 Å². The van der Waals surface area contributed by atoms with Gasteiger partial charge in [0.25, 0.3) is 0 Å². The van der Waals surface area contributed by atoms with Crippen molar-refractivity contribution in [2.75, 3.05) is 0 Å². The van der Waals surface area contributed by atoms with Crippen LogP contribution >= 0.6 is 11.8 Å². The standard InChI is InChI=1S/C38H49N5O3S/c1-2-3-4-5-6-7-8-9-10-11-12-13-14-15-19-26-34(47-38-39-40-41-43(38)30-23-17-16-18-24-30)32-28-35(44)42(37(32)46)33-27-29-22-20-21-25-31(29)36(33)45/h14-18,20-25,32-34H,2-13,19,26-28H2,1H3. The fourth-order valence-electron chi connectivity index (χ4n) is 6.80. The third-order valence-corrected chi connectivity index (χ3v) is 10.8. The first kappa shape index (κ1) is 34.7. The number of Topliss-reactive ketones (excluding diaryl/α,β-unsaturated/α-hetero) is 1. The largest absolute Gasteiger partial charge is 0.292 e. The number of para-hydroxylation sites is 1. The van der Waals surface area contributed by atoms with Crippen LogP contribution in [0.3, 0.4) is 0 Å². The van der Waals surface area contributed by atoms with E-state index in [1.54, 1.807) is 10.7 Å². The number of aromatic nitrogens is 4. The summed E-state index contributed by atoms with van der Waals surface area (Å²) in [4.78, 5) is 41.8. The Morgan fingerprint density at radius 1 is 0.809 bits per heavy atom. The Morgan fingerprint density at radius 2 is 1.47 bits per heavy atom. The van der Waals surface area contributed by atoms with Crippen LogP contribution in [0.4, 0.5) is 0 Å². The minimum Gasteiger partial charge on any atom is -0.292 e. The third kappa shape index (κ3) is 9.28. The Kier molecular flexibility index (Phi) is 13.4. The van der Waals surface area contributed by atoms with Crippen LogP contribution in [0.25, 0.3) is 5.69 Å². The second-order valence-corrected chi connectivity index (χ2v) is 14.1. The molecule has 0 bridgehead atoms. The van der Waals surface area contributed by atoms with Crippen molar-refractivity contribution in [2.24, 2.45) is 5.92 Å². The van der Waals surface area contributed by atoms with Crippen molar-refractivity contribution in [3.05, 3.63) is 77.9 Å². The third-order valence-electron chi connectivity index (χ3n) is 9.43. The predicted molar refractivity (Wildman–Crippen MR) is 186 cm³/mol. The Hall–Kier alpha value is -3.59. The molecule has 0 saturated carbocycles. The fourth-order valence-corrected chi connectivity index (χ4v) is 8.03. The molecule has 2 amide bonds. The molecule has 0 radical (unpaired) electrons. The molecule has 0 spiro atoms. The van der Waals surface area contributed by atoms with Crippen LogP contribution in [0.1, 0.15) is 119 Å². The number of benzene rings is 2. The van der Waals surface area contributed by atoms with Gasteiger partial charge in [-0.3, -0.25) is 19.3 Å². The zero-order valence-electron chi connectivity index (χ0n) is 27.8. The van der Waals surface area contributed by atoms with Gasteiger partial charge in [0.2, 0.25) is 17.0 Å². The number of hydrogen-bond acceptors (Lipinski definition) is 7. The summed E-state index contributed by atoms with van der Waals surface area (Å²) in [7, 11) is 0. The average Bonchev–Trinajstić information content (AvgIpc) is 3.77. The first-order valence-corrected chi connectivity index (χ1v) is 18.6. The number of unbranched alkanes of at least 4 members (excludes halogenated alkanes) is 11. The number of amides is 2. The van der Waals surface area contributed by atoms with E-state index in [9.17, 15) is 14.4 Å². The van der Waals surface area contributed by atoms with E-state index < -0.39 is 12.0 Å². The van der Waals surface area contributed by atoms with Gasteiger partial charge < -0.3 is 0 Å². The molecule has 8 nitrogen and oxygen atoms in total. The summed E-state index contributed by atoms with van der Waals surface area (Å²) >= 11 is 1.45. The molecule has 9 heteroatoms. The normalized spacial score (nSPS) is 18.5. The van der Waals surface area contributed by atoms with Gasteiger partial charge in [0.05, 0.1) is 11.6 Å². The number of hydrogen-bond donors (Lipinski definition) is 0. The number of imide groups is 1. The van der Waals surface area contributed by atoms with E-state index in [1.165, 1.54) is 87.3 Å². The summed E-state index contributed by atoms with van der Waals surface area (Å²) in [5.41, 5.74) is 2.33. The van der Waals surface area contributed by atoms with Crippen LogP contribution in [0.2, 0.25) is 0 Å². The van der Waals surface area contributed by atoms with Gasteiger partial charge in [-0.2, -0.15) is 4.68 Å². The molecule has 1 aliphatic heterocycles. The molecule has 3 unspecified atom stereocenters. The van der Waals surface area contributed by atoms with E-state index >= 15 is 0 Å². The quantitative estimate of drug-likeness (QED) is 0.0522. The number of tetrazole rings is 1. The highest BCUT2D eigenvalue weighted by molar-refractivity contribution is 7.99. The number of ketones is 1. The van der Waals surface area contributed by atoms with Gasteiger partial charge in [-0.05, 0) is 53.8 Å². The molecule has 1 saturated heterocycles. The van der Waals surface area contributed by atoms with Crippen molar-refractivity contribution in [1.29, 1.82) is 0 Å². The van der Waals surface area contributed by atoms with E-state index in [2.05, 4.69) is 34.6 Å². The zero-order valence-corrected chi connectivity index (χ0v) is 28.6. The number of carbonyl (C=O) groups excluding carboxylic acids is 3. The minimum atomic E-state index is -0.761. The Bertz CT molecular complexity index is 1490. The van der Waals surface area contributed by atoms with E-state index in [0.29, 0.717) is 23.6 Å². The molecule has 3 aromatic rings. The summed E-state index contributed by atoms with van der Waals surface area (Å²) in [5.74, 6) is -1.23. The lowest BCUT2D eigenvalue weighted by Crippen LogP contribution is -2.44. The first-order chi connectivity index (χ1) is 23.1. The first-order valence-electron chi connectivity index (χ1n) is 17.7. The lowest BCUT2D eigenvalue weighted by Gasteiger charge is -2.24. The summed E-state index contributed by atoms with van der Waals surface area (Å²) in [6, 6.07) is 16.3. The molecule has 0 N–H and O–H groups in total. The lowest BCUT2D eigenvalue weighted by atomic mass is 9.99. The van der Waals surface area contributed by atoms with Gasteiger partial charge in [0, 0.05) is 23.7 Å². The molecular formula is C38H49N5O3S.